The fourth-order valence-electron chi connectivity index (χ4n) is 3.96. The van der Waals surface area contributed by atoms with Crippen molar-refractivity contribution in [3.05, 3.63) is 77.4 Å². The van der Waals surface area contributed by atoms with Gasteiger partial charge in [-0.15, -0.1) is 0 Å². The molecule has 3 aromatic rings. The molecule has 0 saturated heterocycles. The standard InChI is InChI=1S/C24H30BrN3OSi/c1-24(2,15-9-10-16-27-19-17-22(25)23(26)28-18-19)30(29,20-11-5-3-6-12-20)21-13-7-4-8-14-21/h3-8,11-14,17-18,27,29H,9-10,15-16H2,1-2H3,(H2,26,28). The van der Waals surface area contributed by atoms with Gasteiger partial charge in [-0.1, -0.05) is 80.9 Å². The summed E-state index contributed by atoms with van der Waals surface area (Å²) in [7, 11) is -2.92. The van der Waals surface area contributed by atoms with Crippen LogP contribution in [0.5, 0.6) is 0 Å². The highest BCUT2D eigenvalue weighted by molar-refractivity contribution is 9.10. The molecule has 4 N–H and O–H groups in total. The molecule has 1 aromatic heterocycles. The van der Waals surface area contributed by atoms with Gasteiger partial charge in [0.2, 0.25) is 0 Å². The third kappa shape index (κ3) is 4.94. The van der Waals surface area contributed by atoms with Gasteiger partial charge in [0.05, 0.1) is 16.4 Å². The Morgan fingerprint density at radius 2 is 1.57 bits per heavy atom. The molecule has 2 aromatic carbocycles. The smallest absolute Gasteiger partial charge is 0.258 e. The zero-order valence-electron chi connectivity index (χ0n) is 17.6. The monoisotopic (exact) mass is 483 g/mol. The average Bonchev–Trinajstić information content (AvgIpc) is 2.76. The van der Waals surface area contributed by atoms with Crippen LogP contribution >= 0.6 is 15.9 Å². The Morgan fingerprint density at radius 3 is 2.10 bits per heavy atom. The number of halogens is 1. The van der Waals surface area contributed by atoms with Crippen LogP contribution in [0.4, 0.5) is 11.5 Å². The zero-order valence-corrected chi connectivity index (χ0v) is 20.2. The van der Waals surface area contributed by atoms with Crippen LogP contribution in [0.2, 0.25) is 5.04 Å². The minimum Gasteiger partial charge on any atom is -0.424 e. The number of pyridine rings is 1. The van der Waals surface area contributed by atoms with E-state index in [0.29, 0.717) is 5.82 Å². The predicted molar refractivity (Wildman–Crippen MR) is 133 cm³/mol. The SMILES string of the molecule is CC(C)(CCCCNc1cnc(N)c(Br)c1)[Si](O)(c1ccccc1)c1ccccc1. The van der Waals surface area contributed by atoms with Crippen molar-refractivity contribution in [2.75, 3.05) is 17.6 Å². The number of hydrogen-bond acceptors (Lipinski definition) is 4. The highest BCUT2D eigenvalue weighted by Gasteiger charge is 2.49. The Morgan fingerprint density at radius 1 is 1.00 bits per heavy atom. The van der Waals surface area contributed by atoms with Crippen LogP contribution in [0.1, 0.15) is 33.1 Å². The van der Waals surface area contributed by atoms with E-state index in [4.69, 9.17) is 5.73 Å². The van der Waals surface area contributed by atoms with Crippen LogP contribution in [0.15, 0.2) is 77.4 Å². The Kier molecular flexibility index (Phi) is 7.34. The fourth-order valence-corrected chi connectivity index (χ4v) is 8.09. The van der Waals surface area contributed by atoms with E-state index < -0.39 is 8.32 Å². The summed E-state index contributed by atoms with van der Waals surface area (Å²) in [6.45, 7) is 5.28. The molecule has 0 amide bonds. The molecule has 30 heavy (non-hydrogen) atoms. The molecule has 0 unspecified atom stereocenters. The van der Waals surface area contributed by atoms with Crippen molar-refractivity contribution >= 4 is 46.1 Å². The van der Waals surface area contributed by atoms with Crippen LogP contribution < -0.4 is 21.4 Å². The van der Waals surface area contributed by atoms with E-state index in [-0.39, 0.29) is 5.04 Å². The number of unbranched alkanes of at least 4 members (excludes halogenated alkanes) is 1. The number of hydrogen-bond donors (Lipinski definition) is 3. The van der Waals surface area contributed by atoms with Gasteiger partial charge < -0.3 is 15.8 Å². The number of nitrogens with two attached hydrogens (primary N) is 1. The first-order valence-electron chi connectivity index (χ1n) is 10.3. The molecule has 0 aliphatic heterocycles. The lowest BCUT2D eigenvalue weighted by molar-refractivity contribution is 0.454. The summed E-state index contributed by atoms with van der Waals surface area (Å²) in [6, 6.07) is 22.4. The van der Waals surface area contributed by atoms with Gasteiger partial charge in [-0.05, 0) is 50.2 Å². The minimum atomic E-state index is -2.92. The van der Waals surface area contributed by atoms with Gasteiger partial charge in [0.15, 0.2) is 0 Å². The molecule has 0 aliphatic carbocycles. The maximum atomic E-state index is 12.2. The lowest BCUT2D eigenvalue weighted by Crippen LogP contribution is -2.65. The summed E-state index contributed by atoms with van der Waals surface area (Å²) < 4.78 is 0.801. The molecule has 6 heteroatoms. The molecular weight excluding hydrogens is 454 g/mol. The van der Waals surface area contributed by atoms with Crippen LogP contribution in [0.3, 0.4) is 0 Å². The molecule has 0 atom stereocenters. The van der Waals surface area contributed by atoms with Gasteiger partial charge in [-0.3, -0.25) is 0 Å². The highest BCUT2D eigenvalue weighted by atomic mass is 79.9. The molecule has 0 aliphatic rings. The van der Waals surface area contributed by atoms with E-state index >= 15 is 0 Å². The number of rotatable bonds is 9. The largest absolute Gasteiger partial charge is 0.424 e. The Bertz CT molecular complexity index is 912. The second-order valence-corrected chi connectivity index (χ2v) is 13.1. The maximum Gasteiger partial charge on any atom is 0.258 e. The first-order valence-corrected chi connectivity index (χ1v) is 13.1. The summed E-state index contributed by atoms with van der Waals surface area (Å²) in [5, 5.41) is 5.33. The maximum absolute atomic E-state index is 12.2. The third-order valence-corrected chi connectivity index (χ3v) is 11.0. The summed E-state index contributed by atoms with van der Waals surface area (Å²) in [4.78, 5) is 16.3. The Hall–Kier alpha value is -2.15. The van der Waals surface area contributed by atoms with Gasteiger partial charge in [-0.2, -0.15) is 0 Å². The lowest BCUT2D eigenvalue weighted by Gasteiger charge is -2.41. The van der Waals surface area contributed by atoms with Gasteiger partial charge in [0.25, 0.3) is 8.32 Å². The van der Waals surface area contributed by atoms with Crippen LogP contribution in [-0.2, 0) is 0 Å². The van der Waals surface area contributed by atoms with Crippen molar-refractivity contribution in [1.82, 2.24) is 4.98 Å². The number of nitrogens with zero attached hydrogens (tertiary/aromatic N) is 1. The molecular formula is C24H30BrN3OSi. The van der Waals surface area contributed by atoms with Gasteiger partial charge in [0, 0.05) is 6.54 Å². The molecule has 0 radical (unpaired) electrons. The number of benzene rings is 2. The van der Waals surface area contributed by atoms with E-state index in [1.807, 2.05) is 42.5 Å². The van der Waals surface area contributed by atoms with Crippen LogP contribution in [0, 0.1) is 0 Å². The zero-order chi connectivity index (χ0) is 21.6. The van der Waals surface area contributed by atoms with E-state index in [0.717, 1.165) is 46.3 Å². The van der Waals surface area contributed by atoms with E-state index in [9.17, 15) is 4.80 Å². The second kappa shape index (κ2) is 9.77. The van der Waals surface area contributed by atoms with Crippen molar-refractivity contribution in [3.63, 3.8) is 0 Å². The predicted octanol–water partition coefficient (Wildman–Crippen LogP) is 4.54. The molecule has 0 fully saturated rings. The molecule has 1 heterocycles. The van der Waals surface area contributed by atoms with Crippen molar-refractivity contribution in [2.24, 2.45) is 0 Å². The summed E-state index contributed by atoms with van der Waals surface area (Å²) in [5.41, 5.74) is 6.70. The van der Waals surface area contributed by atoms with E-state index in [1.165, 1.54) is 0 Å². The summed E-state index contributed by atoms with van der Waals surface area (Å²) in [6.07, 6.45) is 4.74. The number of anilines is 2. The van der Waals surface area contributed by atoms with Crippen molar-refractivity contribution in [1.29, 1.82) is 0 Å². The molecule has 4 nitrogen and oxygen atoms in total. The Labute approximate surface area is 188 Å². The second-order valence-electron chi connectivity index (χ2n) is 8.30. The first-order chi connectivity index (χ1) is 14.3. The van der Waals surface area contributed by atoms with Crippen LogP contribution in [0.25, 0.3) is 0 Å². The molecule has 0 spiro atoms. The molecule has 0 bridgehead atoms. The minimum absolute atomic E-state index is 0.207. The Balaban J connectivity index is 1.67. The molecule has 0 saturated carbocycles. The normalized spacial score (nSPS) is 12.0. The van der Waals surface area contributed by atoms with Gasteiger partial charge >= 0.3 is 0 Å². The van der Waals surface area contributed by atoms with Gasteiger partial charge in [0.1, 0.15) is 5.82 Å². The van der Waals surface area contributed by atoms with Crippen LogP contribution in [-0.4, -0.2) is 24.6 Å². The van der Waals surface area contributed by atoms with Crippen molar-refractivity contribution < 1.29 is 4.80 Å². The van der Waals surface area contributed by atoms with Gasteiger partial charge in [-0.25, -0.2) is 4.98 Å². The fraction of sp³-hybridized carbons (Fsp3) is 0.292. The number of nitrogens with one attached hydrogen (secondary N) is 1. The molecule has 3 rings (SSSR count). The van der Waals surface area contributed by atoms with Crippen molar-refractivity contribution in [2.45, 2.75) is 38.1 Å². The topological polar surface area (TPSA) is 71.2 Å². The average molecular weight is 485 g/mol. The third-order valence-electron chi connectivity index (χ3n) is 5.79. The highest BCUT2D eigenvalue weighted by Crippen LogP contribution is 2.40. The van der Waals surface area contributed by atoms with Crippen molar-refractivity contribution in [3.8, 4) is 0 Å². The molecule has 158 valence electrons. The summed E-state index contributed by atoms with van der Waals surface area (Å²) in [5.74, 6) is 0.494. The lowest BCUT2D eigenvalue weighted by atomic mass is 10.1. The number of aromatic nitrogens is 1. The van der Waals surface area contributed by atoms with E-state index in [2.05, 4.69) is 64.3 Å². The summed E-state index contributed by atoms with van der Waals surface area (Å²) >= 11 is 3.41. The quantitative estimate of drug-likeness (QED) is 0.308. The van der Waals surface area contributed by atoms with E-state index in [1.54, 1.807) is 6.20 Å². The number of nitrogen functional groups attached to an aromatic ring is 1. The first kappa shape index (κ1) is 22.5.